The SMILES string of the molecule is CCCCCCCC1CCC(C(=CCOCC=C(c2ccc(C#N)cc2F)C2CCC(CCCCCCC)CC2)c2ccc(C#N)cc2F)CC1. The molecule has 0 unspecified atom stereocenters. The smallest absolute Gasteiger partial charge is 0.132 e. The molecule has 2 aromatic carbocycles. The van der Waals surface area contributed by atoms with E-state index in [-0.39, 0.29) is 23.5 Å². The van der Waals surface area contributed by atoms with Crippen molar-refractivity contribution in [3.63, 3.8) is 0 Å². The van der Waals surface area contributed by atoms with Crippen LogP contribution in [0.3, 0.4) is 0 Å². The van der Waals surface area contributed by atoms with Crippen molar-refractivity contribution < 1.29 is 13.5 Å². The monoisotopic (exact) mass is 696 g/mol. The van der Waals surface area contributed by atoms with Crippen molar-refractivity contribution in [3.05, 3.63) is 82.4 Å². The number of benzene rings is 2. The Morgan fingerprint density at radius 3 is 1.35 bits per heavy atom. The summed E-state index contributed by atoms with van der Waals surface area (Å²) in [6, 6.07) is 13.7. The number of nitriles is 2. The van der Waals surface area contributed by atoms with E-state index in [1.165, 1.54) is 89.2 Å². The lowest BCUT2D eigenvalue weighted by Crippen LogP contribution is -2.17. The first kappa shape index (κ1) is 40.5. The first-order valence-electron chi connectivity index (χ1n) is 20.3. The van der Waals surface area contributed by atoms with E-state index in [1.54, 1.807) is 24.3 Å². The summed E-state index contributed by atoms with van der Waals surface area (Å²) in [5, 5.41) is 18.7. The van der Waals surface area contributed by atoms with Crippen molar-refractivity contribution in [1.82, 2.24) is 0 Å². The molecule has 0 aromatic heterocycles. The van der Waals surface area contributed by atoms with Gasteiger partial charge in [-0.25, -0.2) is 8.78 Å². The van der Waals surface area contributed by atoms with Gasteiger partial charge in [0.15, 0.2) is 0 Å². The maximum atomic E-state index is 15.4. The number of ether oxygens (including phenoxy) is 1. The summed E-state index contributed by atoms with van der Waals surface area (Å²) in [6.45, 7) is 5.17. The summed E-state index contributed by atoms with van der Waals surface area (Å²) in [5.74, 6) is 1.30. The van der Waals surface area contributed by atoms with Crippen LogP contribution in [-0.2, 0) is 4.74 Å². The van der Waals surface area contributed by atoms with E-state index in [1.807, 2.05) is 12.2 Å². The molecule has 2 saturated carbocycles. The van der Waals surface area contributed by atoms with Crippen LogP contribution in [0.2, 0.25) is 0 Å². The molecule has 5 heteroatoms. The zero-order valence-corrected chi connectivity index (χ0v) is 31.5. The molecule has 3 nitrogen and oxygen atoms in total. The molecule has 2 aliphatic carbocycles. The van der Waals surface area contributed by atoms with Crippen LogP contribution in [0.25, 0.3) is 11.1 Å². The van der Waals surface area contributed by atoms with E-state index in [4.69, 9.17) is 4.74 Å². The van der Waals surface area contributed by atoms with Gasteiger partial charge >= 0.3 is 0 Å². The van der Waals surface area contributed by atoms with Gasteiger partial charge < -0.3 is 4.74 Å². The van der Waals surface area contributed by atoms with Crippen molar-refractivity contribution >= 4 is 11.1 Å². The lowest BCUT2D eigenvalue weighted by Gasteiger charge is -2.31. The number of allylic oxidation sites excluding steroid dienone is 2. The Hall–Kier alpha value is -3.28. The van der Waals surface area contributed by atoms with Gasteiger partial charge in [0.2, 0.25) is 0 Å². The second kappa shape index (κ2) is 22.6. The van der Waals surface area contributed by atoms with Gasteiger partial charge in [-0.2, -0.15) is 10.5 Å². The Bertz CT molecular complexity index is 1370. The van der Waals surface area contributed by atoms with E-state index < -0.39 is 0 Å². The average Bonchev–Trinajstić information content (AvgIpc) is 3.15. The maximum absolute atomic E-state index is 15.4. The molecule has 0 spiro atoms. The van der Waals surface area contributed by atoms with Crippen LogP contribution in [0.4, 0.5) is 8.78 Å². The molecule has 0 saturated heterocycles. The average molecular weight is 697 g/mol. The molecule has 2 aromatic rings. The molecule has 2 fully saturated rings. The maximum Gasteiger partial charge on any atom is 0.132 e. The summed E-state index contributed by atoms with van der Waals surface area (Å²) in [5.41, 5.74) is 3.75. The second-order valence-electron chi connectivity index (χ2n) is 15.3. The Kier molecular flexibility index (Phi) is 18.0. The van der Waals surface area contributed by atoms with E-state index in [9.17, 15) is 10.5 Å². The number of halogens is 2. The fraction of sp³-hybridized carbons (Fsp3) is 0.609. The van der Waals surface area contributed by atoms with Crippen LogP contribution < -0.4 is 0 Å². The van der Waals surface area contributed by atoms with Crippen LogP contribution in [0, 0.1) is 58.0 Å². The predicted octanol–water partition coefficient (Wildman–Crippen LogP) is 13.5. The molecule has 0 bridgehead atoms. The number of unbranched alkanes of at least 4 members (excludes halogenated alkanes) is 8. The van der Waals surface area contributed by atoms with Gasteiger partial charge in [-0.15, -0.1) is 0 Å². The van der Waals surface area contributed by atoms with Gasteiger partial charge in [0.1, 0.15) is 11.6 Å². The van der Waals surface area contributed by atoms with Crippen LogP contribution >= 0.6 is 0 Å². The molecule has 2 aliphatic rings. The van der Waals surface area contributed by atoms with Gasteiger partial charge in [0, 0.05) is 11.1 Å². The van der Waals surface area contributed by atoms with E-state index >= 15 is 8.78 Å². The largest absolute Gasteiger partial charge is 0.373 e. The fourth-order valence-corrected chi connectivity index (χ4v) is 8.59. The highest BCUT2D eigenvalue weighted by Gasteiger charge is 2.27. The van der Waals surface area contributed by atoms with Crippen LogP contribution in [-0.4, -0.2) is 13.2 Å². The Labute approximate surface area is 308 Å². The van der Waals surface area contributed by atoms with E-state index in [2.05, 4.69) is 26.0 Å². The van der Waals surface area contributed by atoms with Gasteiger partial charge in [-0.05, 0) is 110 Å². The second-order valence-corrected chi connectivity index (χ2v) is 15.3. The highest BCUT2D eigenvalue weighted by Crippen LogP contribution is 2.42. The third-order valence-corrected chi connectivity index (χ3v) is 11.7. The summed E-state index contributed by atoms with van der Waals surface area (Å²) in [4.78, 5) is 0. The summed E-state index contributed by atoms with van der Waals surface area (Å²) >= 11 is 0. The molecule has 276 valence electrons. The van der Waals surface area contributed by atoms with Crippen LogP contribution in [0.5, 0.6) is 0 Å². The number of hydrogen-bond donors (Lipinski definition) is 0. The molecular weight excluding hydrogens is 635 g/mol. The van der Waals surface area contributed by atoms with Crippen molar-refractivity contribution in [1.29, 1.82) is 10.5 Å². The van der Waals surface area contributed by atoms with E-state index in [0.29, 0.717) is 35.5 Å². The molecule has 0 aliphatic heterocycles. The van der Waals surface area contributed by atoms with Crippen molar-refractivity contribution in [2.45, 2.75) is 142 Å². The zero-order valence-electron chi connectivity index (χ0n) is 31.5. The fourth-order valence-electron chi connectivity index (χ4n) is 8.59. The number of rotatable bonds is 20. The predicted molar refractivity (Wildman–Crippen MR) is 207 cm³/mol. The van der Waals surface area contributed by atoms with Gasteiger partial charge in [0.25, 0.3) is 0 Å². The third-order valence-electron chi connectivity index (χ3n) is 11.7. The quantitative estimate of drug-likeness (QED) is 0.129. The van der Waals surface area contributed by atoms with Crippen LogP contribution in [0.15, 0.2) is 48.6 Å². The molecular formula is C46H62F2N2O. The number of nitrogens with zero attached hydrogens (tertiary/aromatic N) is 2. The van der Waals surface area contributed by atoms with Crippen molar-refractivity contribution in [2.75, 3.05) is 13.2 Å². The topological polar surface area (TPSA) is 56.8 Å². The first-order valence-corrected chi connectivity index (χ1v) is 20.3. The molecule has 0 heterocycles. The summed E-state index contributed by atoms with van der Waals surface area (Å²) < 4.78 is 37.0. The van der Waals surface area contributed by atoms with Crippen LogP contribution in [0.1, 0.15) is 165 Å². The normalized spacial score (nSPS) is 21.3. The standard InChI is InChI=1S/C46H62F2N2O/c1-3-5-7-9-11-13-35-15-21-39(22-16-35)41(43-25-19-37(33-49)31-45(43)47)27-29-51-30-28-42(44-26-20-38(34-50)32-46(44)48)40-23-17-36(18-24-40)14-12-10-8-6-4-2/h19-20,25-28,31-32,35-36,39-40H,3-18,21-24,29-30H2,1-2H3. The highest BCUT2D eigenvalue weighted by atomic mass is 19.1. The van der Waals surface area contributed by atoms with Gasteiger partial charge in [-0.1, -0.05) is 115 Å². The Morgan fingerprint density at radius 1 is 0.608 bits per heavy atom. The third kappa shape index (κ3) is 13.0. The Morgan fingerprint density at radius 2 is 1.00 bits per heavy atom. The molecule has 4 rings (SSSR count). The van der Waals surface area contributed by atoms with E-state index in [0.717, 1.165) is 74.3 Å². The number of hydrogen-bond acceptors (Lipinski definition) is 3. The molecule has 0 atom stereocenters. The van der Waals surface area contributed by atoms with Crippen molar-refractivity contribution in [3.8, 4) is 12.1 Å². The van der Waals surface area contributed by atoms with Gasteiger partial charge in [0.05, 0.1) is 36.5 Å². The molecule has 0 amide bonds. The molecule has 0 radical (unpaired) electrons. The lowest BCUT2D eigenvalue weighted by atomic mass is 9.75. The minimum absolute atomic E-state index is 0.257. The van der Waals surface area contributed by atoms with Gasteiger partial charge in [-0.3, -0.25) is 0 Å². The van der Waals surface area contributed by atoms with Crippen molar-refractivity contribution in [2.24, 2.45) is 23.7 Å². The minimum atomic E-state index is -0.353. The minimum Gasteiger partial charge on any atom is -0.373 e. The Balaban J connectivity index is 1.43. The highest BCUT2D eigenvalue weighted by molar-refractivity contribution is 5.70. The molecule has 0 N–H and O–H groups in total. The first-order chi connectivity index (χ1) is 25.0. The summed E-state index contributed by atoms with van der Waals surface area (Å²) in [6.07, 6.45) is 28.6. The zero-order chi connectivity index (χ0) is 36.3. The summed E-state index contributed by atoms with van der Waals surface area (Å²) in [7, 11) is 0. The molecule has 51 heavy (non-hydrogen) atoms. The lowest BCUT2D eigenvalue weighted by molar-refractivity contribution is 0.193.